The standard InChI is InChI=1S/C13H9ClN2O/c14-12-4-2-1-3-11(12)13-15-8-9-7-10(17)5-6-16(9)13/h1-8,17H. The average molecular weight is 245 g/mol. The Bertz CT molecular complexity index is 691. The molecule has 0 aliphatic rings. The molecule has 0 unspecified atom stereocenters. The van der Waals surface area contributed by atoms with Gasteiger partial charge in [-0.15, -0.1) is 0 Å². The van der Waals surface area contributed by atoms with Crippen LogP contribution in [0.4, 0.5) is 0 Å². The molecule has 0 spiro atoms. The van der Waals surface area contributed by atoms with Gasteiger partial charge in [-0.2, -0.15) is 0 Å². The number of fused-ring (bicyclic) bond motifs is 1. The van der Waals surface area contributed by atoms with Crippen molar-refractivity contribution in [2.24, 2.45) is 0 Å². The second kappa shape index (κ2) is 3.79. The van der Waals surface area contributed by atoms with Crippen molar-refractivity contribution in [3.05, 3.63) is 53.8 Å². The summed E-state index contributed by atoms with van der Waals surface area (Å²) in [6.45, 7) is 0. The Morgan fingerprint density at radius 1 is 1.18 bits per heavy atom. The predicted octanol–water partition coefficient (Wildman–Crippen LogP) is 3.36. The van der Waals surface area contributed by atoms with E-state index < -0.39 is 0 Å². The molecule has 1 N–H and O–H groups in total. The number of halogens is 1. The van der Waals surface area contributed by atoms with Crippen LogP contribution in [-0.2, 0) is 0 Å². The monoisotopic (exact) mass is 244 g/mol. The highest BCUT2D eigenvalue weighted by Crippen LogP contribution is 2.27. The third-order valence-electron chi connectivity index (χ3n) is 2.63. The van der Waals surface area contributed by atoms with Crippen molar-refractivity contribution in [1.29, 1.82) is 0 Å². The van der Waals surface area contributed by atoms with Crippen LogP contribution in [0.25, 0.3) is 16.9 Å². The maximum atomic E-state index is 9.40. The molecule has 0 amide bonds. The number of hydrogen-bond acceptors (Lipinski definition) is 2. The van der Waals surface area contributed by atoms with Gasteiger partial charge in [0, 0.05) is 17.8 Å². The van der Waals surface area contributed by atoms with E-state index in [0.29, 0.717) is 5.02 Å². The SMILES string of the molecule is Oc1ccn2c(-c3ccccc3Cl)ncc2c1. The maximum absolute atomic E-state index is 9.40. The molecule has 4 heteroatoms. The lowest BCUT2D eigenvalue weighted by atomic mass is 10.2. The largest absolute Gasteiger partial charge is 0.508 e. The van der Waals surface area contributed by atoms with Crippen molar-refractivity contribution in [1.82, 2.24) is 9.38 Å². The molecule has 3 aromatic rings. The van der Waals surface area contributed by atoms with Gasteiger partial charge in [-0.1, -0.05) is 23.7 Å². The van der Waals surface area contributed by atoms with E-state index in [1.54, 1.807) is 24.5 Å². The number of nitrogens with zero attached hydrogens (tertiary/aromatic N) is 2. The lowest BCUT2D eigenvalue weighted by molar-refractivity contribution is 0.475. The number of pyridine rings is 1. The fourth-order valence-electron chi connectivity index (χ4n) is 1.83. The van der Waals surface area contributed by atoms with Gasteiger partial charge in [0.1, 0.15) is 11.6 Å². The van der Waals surface area contributed by atoms with Crippen LogP contribution in [0, 0.1) is 0 Å². The van der Waals surface area contributed by atoms with Gasteiger partial charge >= 0.3 is 0 Å². The van der Waals surface area contributed by atoms with Crippen molar-refractivity contribution < 1.29 is 5.11 Å². The molecule has 0 bridgehead atoms. The van der Waals surface area contributed by atoms with E-state index in [2.05, 4.69) is 4.98 Å². The highest BCUT2D eigenvalue weighted by molar-refractivity contribution is 6.33. The van der Waals surface area contributed by atoms with Crippen molar-refractivity contribution in [3.63, 3.8) is 0 Å². The van der Waals surface area contributed by atoms with Crippen LogP contribution in [0.1, 0.15) is 0 Å². The maximum Gasteiger partial charge on any atom is 0.145 e. The molecule has 0 atom stereocenters. The van der Waals surface area contributed by atoms with Gasteiger partial charge in [0.25, 0.3) is 0 Å². The van der Waals surface area contributed by atoms with Crippen LogP contribution in [0.2, 0.25) is 5.02 Å². The third-order valence-corrected chi connectivity index (χ3v) is 2.96. The minimum atomic E-state index is 0.225. The first-order chi connectivity index (χ1) is 8.25. The Morgan fingerprint density at radius 2 is 2.00 bits per heavy atom. The summed E-state index contributed by atoms with van der Waals surface area (Å²) >= 11 is 6.14. The predicted molar refractivity (Wildman–Crippen MR) is 67.3 cm³/mol. The molecular formula is C13H9ClN2O. The summed E-state index contributed by atoms with van der Waals surface area (Å²) in [5.74, 6) is 0.994. The quantitative estimate of drug-likeness (QED) is 0.713. The van der Waals surface area contributed by atoms with Crippen molar-refractivity contribution in [2.45, 2.75) is 0 Å². The molecule has 2 aromatic heterocycles. The summed E-state index contributed by atoms with van der Waals surface area (Å²) in [5.41, 5.74) is 1.71. The Hall–Kier alpha value is -2.00. The molecule has 1 aromatic carbocycles. The Kier molecular flexibility index (Phi) is 2.27. The smallest absolute Gasteiger partial charge is 0.145 e. The zero-order chi connectivity index (χ0) is 11.8. The van der Waals surface area contributed by atoms with E-state index in [4.69, 9.17) is 11.6 Å². The number of imidazole rings is 1. The molecule has 0 aliphatic carbocycles. The summed E-state index contributed by atoms with van der Waals surface area (Å²) in [4.78, 5) is 4.33. The first kappa shape index (κ1) is 10.2. The summed E-state index contributed by atoms with van der Waals surface area (Å²) in [6, 6.07) is 10.8. The summed E-state index contributed by atoms with van der Waals surface area (Å²) < 4.78 is 1.89. The first-order valence-corrected chi connectivity index (χ1v) is 5.54. The second-order valence-electron chi connectivity index (χ2n) is 3.74. The van der Waals surface area contributed by atoms with E-state index in [0.717, 1.165) is 16.9 Å². The molecule has 0 saturated heterocycles. The highest BCUT2D eigenvalue weighted by Gasteiger charge is 2.09. The van der Waals surface area contributed by atoms with Crippen LogP contribution >= 0.6 is 11.6 Å². The lowest BCUT2D eigenvalue weighted by Gasteiger charge is -2.03. The molecule has 0 aliphatic heterocycles. The van der Waals surface area contributed by atoms with Crippen LogP contribution in [-0.4, -0.2) is 14.5 Å². The fraction of sp³-hybridized carbons (Fsp3) is 0. The Morgan fingerprint density at radius 3 is 2.82 bits per heavy atom. The molecule has 3 nitrogen and oxygen atoms in total. The van der Waals surface area contributed by atoms with Crippen LogP contribution in [0.15, 0.2) is 48.8 Å². The third kappa shape index (κ3) is 1.65. The number of benzene rings is 1. The number of aromatic hydroxyl groups is 1. The van der Waals surface area contributed by atoms with Gasteiger partial charge in [-0.25, -0.2) is 4.98 Å². The van der Waals surface area contributed by atoms with Crippen LogP contribution in [0.5, 0.6) is 5.75 Å². The zero-order valence-corrected chi connectivity index (χ0v) is 9.59. The van der Waals surface area contributed by atoms with E-state index in [1.807, 2.05) is 28.7 Å². The van der Waals surface area contributed by atoms with Crippen molar-refractivity contribution in [3.8, 4) is 17.1 Å². The number of aromatic nitrogens is 2. The van der Waals surface area contributed by atoms with Crippen LogP contribution in [0.3, 0.4) is 0 Å². The van der Waals surface area contributed by atoms with Gasteiger partial charge in [-0.3, -0.25) is 4.40 Å². The normalized spacial score (nSPS) is 10.9. The molecule has 84 valence electrons. The first-order valence-electron chi connectivity index (χ1n) is 5.17. The summed E-state index contributed by atoms with van der Waals surface area (Å²) in [5, 5.41) is 10.1. The molecule has 0 fully saturated rings. The van der Waals surface area contributed by atoms with Gasteiger partial charge in [0.2, 0.25) is 0 Å². The molecular weight excluding hydrogens is 236 g/mol. The fourth-order valence-corrected chi connectivity index (χ4v) is 2.05. The Balaban J connectivity index is 2.29. The molecule has 0 radical (unpaired) electrons. The summed E-state index contributed by atoms with van der Waals surface area (Å²) in [7, 11) is 0. The van der Waals surface area contributed by atoms with Crippen molar-refractivity contribution >= 4 is 17.1 Å². The van der Waals surface area contributed by atoms with Crippen LogP contribution < -0.4 is 0 Å². The molecule has 0 saturated carbocycles. The Labute approximate surface area is 103 Å². The minimum absolute atomic E-state index is 0.225. The molecule has 17 heavy (non-hydrogen) atoms. The van der Waals surface area contributed by atoms with E-state index in [1.165, 1.54) is 0 Å². The van der Waals surface area contributed by atoms with E-state index >= 15 is 0 Å². The average Bonchev–Trinajstić information content (AvgIpc) is 2.72. The van der Waals surface area contributed by atoms with E-state index in [-0.39, 0.29) is 5.75 Å². The molecule has 2 heterocycles. The van der Waals surface area contributed by atoms with Gasteiger partial charge < -0.3 is 5.11 Å². The van der Waals surface area contributed by atoms with Crippen molar-refractivity contribution in [2.75, 3.05) is 0 Å². The molecule has 3 rings (SSSR count). The van der Waals surface area contributed by atoms with Gasteiger partial charge in [0.15, 0.2) is 0 Å². The topological polar surface area (TPSA) is 37.5 Å². The number of hydrogen-bond donors (Lipinski definition) is 1. The lowest BCUT2D eigenvalue weighted by Crippen LogP contribution is -1.89. The van der Waals surface area contributed by atoms with Gasteiger partial charge in [-0.05, 0) is 18.2 Å². The van der Waals surface area contributed by atoms with E-state index in [9.17, 15) is 5.11 Å². The number of rotatable bonds is 1. The second-order valence-corrected chi connectivity index (χ2v) is 4.15. The summed E-state index contributed by atoms with van der Waals surface area (Å²) in [6.07, 6.45) is 3.48. The highest BCUT2D eigenvalue weighted by atomic mass is 35.5. The van der Waals surface area contributed by atoms with Gasteiger partial charge in [0.05, 0.1) is 16.7 Å². The zero-order valence-electron chi connectivity index (χ0n) is 8.84. The minimum Gasteiger partial charge on any atom is -0.508 e.